The van der Waals surface area contributed by atoms with E-state index in [0.29, 0.717) is 0 Å². The van der Waals surface area contributed by atoms with E-state index in [1.807, 2.05) is 0 Å². The van der Waals surface area contributed by atoms with E-state index in [4.69, 9.17) is 0 Å². The molecule has 4 rings (SSSR count). The Hall–Kier alpha value is -2.32. The Labute approximate surface area is 191 Å². The Kier molecular flexibility index (Phi) is 8.01. The van der Waals surface area contributed by atoms with Crippen LogP contribution in [0.3, 0.4) is 0 Å². The van der Waals surface area contributed by atoms with Gasteiger partial charge in [0, 0.05) is 0 Å². The van der Waals surface area contributed by atoms with Crippen LogP contribution < -0.4 is 3.58 Å². The molecule has 156 valence electrons. The van der Waals surface area contributed by atoms with Gasteiger partial charge in [-0.2, -0.15) is 0 Å². The fourth-order valence-corrected chi connectivity index (χ4v) is 18.4. The summed E-state index contributed by atoms with van der Waals surface area (Å²) < 4.78 is 5.83. The molecule has 0 unspecified atom stereocenters. The molecule has 0 N–H and O–H groups in total. The van der Waals surface area contributed by atoms with E-state index in [1.165, 1.54) is 49.3 Å². The van der Waals surface area contributed by atoms with Crippen molar-refractivity contribution in [1.29, 1.82) is 0 Å². The second-order valence-electron chi connectivity index (χ2n) is 8.60. The van der Waals surface area contributed by atoms with Crippen LogP contribution in [0.2, 0.25) is 13.3 Å². The molecule has 4 aromatic carbocycles. The van der Waals surface area contributed by atoms with Crippen LogP contribution in [0.15, 0.2) is 121 Å². The molecule has 0 atom stereocenters. The maximum atomic E-state index is 2.44. The molecule has 0 aliphatic heterocycles. The average Bonchev–Trinajstić information content (AvgIpc) is 2.86. The van der Waals surface area contributed by atoms with Gasteiger partial charge in [-0.15, -0.1) is 0 Å². The SMILES string of the molecule is c1ccc(C[CH2][Sn]([CH2]Cc2ccccc2)([CH2]Cc2ccccc2)[c]2ccccc2)cc1. The summed E-state index contributed by atoms with van der Waals surface area (Å²) in [5, 5.41) is 0. The zero-order valence-corrected chi connectivity index (χ0v) is 21.1. The zero-order chi connectivity index (χ0) is 21.2. The third kappa shape index (κ3) is 6.33. The molecule has 0 bridgehead atoms. The Morgan fingerprint density at radius 2 is 0.645 bits per heavy atom. The van der Waals surface area contributed by atoms with Gasteiger partial charge in [0.25, 0.3) is 0 Å². The van der Waals surface area contributed by atoms with Crippen LogP contribution >= 0.6 is 0 Å². The molecule has 0 aliphatic carbocycles. The van der Waals surface area contributed by atoms with E-state index in [1.54, 1.807) is 3.58 Å². The third-order valence-electron chi connectivity index (χ3n) is 6.59. The predicted molar refractivity (Wildman–Crippen MR) is 137 cm³/mol. The molecule has 0 fully saturated rings. The molecule has 0 aliphatic rings. The first kappa shape index (κ1) is 21.9. The minimum absolute atomic E-state index is 1.20. The second-order valence-corrected chi connectivity index (χ2v) is 21.8. The van der Waals surface area contributed by atoms with Gasteiger partial charge in [-0.1, -0.05) is 0 Å². The number of hydrogen-bond donors (Lipinski definition) is 0. The molecule has 1 heteroatoms. The summed E-state index contributed by atoms with van der Waals surface area (Å²) in [5.41, 5.74) is 4.46. The van der Waals surface area contributed by atoms with Crippen molar-refractivity contribution in [1.82, 2.24) is 0 Å². The summed E-state index contributed by atoms with van der Waals surface area (Å²) in [5.74, 6) is 0. The summed E-state index contributed by atoms with van der Waals surface area (Å²) in [6, 6.07) is 44.9. The van der Waals surface area contributed by atoms with Gasteiger partial charge in [0.2, 0.25) is 0 Å². The fraction of sp³-hybridized carbons (Fsp3) is 0.200. The van der Waals surface area contributed by atoms with Crippen LogP contribution in [0.25, 0.3) is 0 Å². The van der Waals surface area contributed by atoms with Crippen LogP contribution in [0, 0.1) is 0 Å². The van der Waals surface area contributed by atoms with Crippen LogP contribution in [-0.2, 0) is 19.3 Å². The van der Waals surface area contributed by atoms with Crippen molar-refractivity contribution >= 4 is 22.0 Å². The van der Waals surface area contributed by atoms with E-state index in [2.05, 4.69) is 121 Å². The van der Waals surface area contributed by atoms with Crippen molar-refractivity contribution in [3.8, 4) is 0 Å². The molecule has 31 heavy (non-hydrogen) atoms. The molecule has 4 aromatic rings. The van der Waals surface area contributed by atoms with Gasteiger partial charge in [-0.05, 0) is 0 Å². The van der Waals surface area contributed by atoms with Crippen molar-refractivity contribution in [3.63, 3.8) is 0 Å². The van der Waals surface area contributed by atoms with E-state index in [0.717, 1.165) is 0 Å². The topological polar surface area (TPSA) is 0 Å². The van der Waals surface area contributed by atoms with Crippen molar-refractivity contribution in [2.75, 3.05) is 0 Å². The fourth-order valence-electron chi connectivity index (χ4n) is 4.68. The van der Waals surface area contributed by atoms with Crippen molar-refractivity contribution in [2.24, 2.45) is 0 Å². The predicted octanol–water partition coefficient (Wildman–Crippen LogP) is 7.07. The van der Waals surface area contributed by atoms with Crippen LogP contribution in [0.5, 0.6) is 0 Å². The number of hydrogen-bond acceptors (Lipinski definition) is 0. The van der Waals surface area contributed by atoms with Gasteiger partial charge in [-0.25, -0.2) is 0 Å². The summed E-state index contributed by atoms with van der Waals surface area (Å²) in [4.78, 5) is 0. The normalized spacial score (nSPS) is 11.4. The maximum absolute atomic E-state index is 2.68. The molecule has 0 nitrogen and oxygen atoms in total. The van der Waals surface area contributed by atoms with Crippen LogP contribution in [0.4, 0.5) is 0 Å². The molecule has 0 spiro atoms. The molecule has 0 amide bonds. The van der Waals surface area contributed by atoms with Crippen LogP contribution in [-0.4, -0.2) is 18.4 Å². The molecular weight excluding hydrogens is 479 g/mol. The van der Waals surface area contributed by atoms with Crippen molar-refractivity contribution in [3.05, 3.63) is 138 Å². The number of rotatable bonds is 10. The van der Waals surface area contributed by atoms with Crippen molar-refractivity contribution < 1.29 is 0 Å². The number of aryl methyl sites for hydroxylation is 3. The first-order valence-electron chi connectivity index (χ1n) is 11.5. The Bertz CT molecular complexity index is 905. The molecule has 0 heterocycles. The Morgan fingerprint density at radius 1 is 0.355 bits per heavy atom. The van der Waals surface area contributed by atoms with Gasteiger partial charge in [0.15, 0.2) is 0 Å². The zero-order valence-electron chi connectivity index (χ0n) is 18.3. The molecule has 0 saturated carbocycles. The monoisotopic (exact) mass is 512 g/mol. The molecule has 0 radical (unpaired) electrons. The molecule has 0 aromatic heterocycles. The Morgan fingerprint density at radius 3 is 0.968 bits per heavy atom. The van der Waals surface area contributed by atoms with Gasteiger partial charge in [-0.3, -0.25) is 0 Å². The average molecular weight is 511 g/mol. The van der Waals surface area contributed by atoms with Gasteiger partial charge < -0.3 is 0 Å². The van der Waals surface area contributed by atoms with Crippen molar-refractivity contribution in [2.45, 2.75) is 32.6 Å². The summed E-state index contributed by atoms with van der Waals surface area (Å²) >= 11 is -2.68. The molecular formula is C30H32Sn. The quantitative estimate of drug-likeness (QED) is 0.200. The van der Waals surface area contributed by atoms with Crippen LogP contribution in [0.1, 0.15) is 16.7 Å². The summed E-state index contributed by atoms with van der Waals surface area (Å²) in [6.45, 7) is 0. The first-order chi connectivity index (χ1) is 15.3. The van der Waals surface area contributed by atoms with E-state index in [9.17, 15) is 0 Å². The molecule has 0 saturated heterocycles. The van der Waals surface area contributed by atoms with Gasteiger partial charge in [0.1, 0.15) is 0 Å². The van der Waals surface area contributed by atoms with E-state index in [-0.39, 0.29) is 0 Å². The summed E-state index contributed by atoms with van der Waals surface area (Å²) in [7, 11) is 0. The van der Waals surface area contributed by atoms with Gasteiger partial charge in [0.05, 0.1) is 0 Å². The van der Waals surface area contributed by atoms with E-state index >= 15 is 0 Å². The van der Waals surface area contributed by atoms with E-state index < -0.39 is 18.4 Å². The summed E-state index contributed by atoms with van der Waals surface area (Å²) in [6.07, 6.45) is 3.61. The second kappa shape index (κ2) is 11.3. The standard InChI is InChI=1S/3C8H9.C6H5.Sn/c3*1-2-8-6-4-3-5-7-8;1-2-4-6-5-3-1;/h3*3-7H,1-2H2;1-5H;. The Balaban J connectivity index is 1.63. The minimum atomic E-state index is -2.68. The van der Waals surface area contributed by atoms with Gasteiger partial charge >= 0.3 is 193 Å². The first-order valence-corrected chi connectivity index (χ1v) is 19.0. The number of benzene rings is 4. The third-order valence-corrected chi connectivity index (χ3v) is 21.4.